The minimum Gasteiger partial charge on any atom is -0.507 e. The second kappa shape index (κ2) is 7.03. The lowest BCUT2D eigenvalue weighted by Crippen LogP contribution is -2.38. The van der Waals surface area contributed by atoms with Crippen LogP contribution >= 0.6 is 0 Å². The summed E-state index contributed by atoms with van der Waals surface area (Å²) in [6.45, 7) is 1.64. The van der Waals surface area contributed by atoms with Crippen LogP contribution in [0.15, 0.2) is 36.4 Å². The third-order valence-electron chi connectivity index (χ3n) is 4.76. The number of hydrogen-bond acceptors (Lipinski definition) is 5. The number of piperidine rings is 1. The highest BCUT2D eigenvalue weighted by atomic mass is 16.3. The number of phenolic OH excluding ortho intramolecular Hbond substituents is 3. The summed E-state index contributed by atoms with van der Waals surface area (Å²) in [5.41, 5.74) is 8.03. The summed E-state index contributed by atoms with van der Waals surface area (Å²) < 4.78 is 0. The minimum atomic E-state index is -0.451. The number of rotatable bonds is 3. The Morgan fingerprint density at radius 1 is 1.04 bits per heavy atom. The van der Waals surface area contributed by atoms with Gasteiger partial charge in [-0.15, -0.1) is 0 Å². The van der Waals surface area contributed by atoms with Crippen molar-refractivity contribution in [1.29, 1.82) is 0 Å². The van der Waals surface area contributed by atoms with Crippen molar-refractivity contribution >= 4 is 5.91 Å². The molecule has 3 rings (SSSR count). The zero-order chi connectivity index (χ0) is 18.0. The van der Waals surface area contributed by atoms with Crippen molar-refractivity contribution in [2.45, 2.75) is 25.3 Å². The minimum absolute atomic E-state index is 0.00104. The maximum absolute atomic E-state index is 12.6. The first-order chi connectivity index (χ1) is 12.0. The van der Waals surface area contributed by atoms with Gasteiger partial charge in [-0.2, -0.15) is 0 Å². The van der Waals surface area contributed by atoms with Crippen molar-refractivity contribution in [1.82, 2.24) is 4.90 Å². The standard InChI is InChI=1S/C19H22N2O4/c20-11-12-2-1-3-14(8-12)13-4-6-21(7-5-13)19(25)15-9-17(23)18(24)10-16(15)22/h1-3,8-10,13,22-24H,4-7,11,20H2. The Hall–Kier alpha value is -2.73. The van der Waals surface area contributed by atoms with Crippen molar-refractivity contribution in [3.8, 4) is 17.2 Å². The quantitative estimate of drug-likeness (QED) is 0.506. The van der Waals surface area contributed by atoms with Crippen LogP contribution in [0, 0.1) is 0 Å². The zero-order valence-electron chi connectivity index (χ0n) is 13.9. The van der Waals surface area contributed by atoms with Gasteiger partial charge in [0.15, 0.2) is 11.5 Å². The van der Waals surface area contributed by atoms with E-state index < -0.39 is 11.5 Å². The molecule has 0 atom stereocenters. The van der Waals surface area contributed by atoms with Gasteiger partial charge in [-0.3, -0.25) is 4.79 Å². The molecule has 6 heteroatoms. The number of likely N-dealkylation sites (tertiary alicyclic amines) is 1. The number of nitrogens with zero attached hydrogens (tertiary/aromatic N) is 1. The highest BCUT2D eigenvalue weighted by Gasteiger charge is 2.26. The predicted octanol–water partition coefficient (Wildman–Crippen LogP) is 2.28. The van der Waals surface area contributed by atoms with Crippen LogP contribution in [0.25, 0.3) is 0 Å². The van der Waals surface area contributed by atoms with Gasteiger partial charge in [0.1, 0.15) is 5.75 Å². The molecule has 2 aromatic carbocycles. The molecule has 1 fully saturated rings. The second-order valence-electron chi connectivity index (χ2n) is 6.37. The summed E-state index contributed by atoms with van der Waals surface area (Å²) in [4.78, 5) is 14.2. The first-order valence-corrected chi connectivity index (χ1v) is 8.32. The molecule has 0 unspecified atom stereocenters. The van der Waals surface area contributed by atoms with Gasteiger partial charge < -0.3 is 26.0 Å². The van der Waals surface area contributed by atoms with Gasteiger partial charge in [-0.25, -0.2) is 0 Å². The van der Waals surface area contributed by atoms with E-state index in [9.17, 15) is 20.1 Å². The second-order valence-corrected chi connectivity index (χ2v) is 6.37. The molecule has 1 heterocycles. The SMILES string of the molecule is NCc1cccc(C2CCN(C(=O)c3cc(O)c(O)cc3O)CC2)c1. The van der Waals surface area contributed by atoms with E-state index in [-0.39, 0.29) is 17.2 Å². The van der Waals surface area contributed by atoms with E-state index in [1.54, 1.807) is 4.90 Å². The molecule has 0 bridgehead atoms. The Bertz CT molecular complexity index is 783. The molecular formula is C19H22N2O4. The molecule has 0 saturated carbocycles. The zero-order valence-corrected chi connectivity index (χ0v) is 13.9. The number of carbonyl (C=O) groups excluding carboxylic acids is 1. The van der Waals surface area contributed by atoms with Crippen LogP contribution in [0.5, 0.6) is 17.2 Å². The number of phenols is 3. The largest absolute Gasteiger partial charge is 0.507 e. The fraction of sp³-hybridized carbons (Fsp3) is 0.316. The predicted molar refractivity (Wildman–Crippen MR) is 93.6 cm³/mol. The van der Waals surface area contributed by atoms with Crippen LogP contribution in [0.4, 0.5) is 0 Å². The van der Waals surface area contributed by atoms with Gasteiger partial charge in [0.25, 0.3) is 5.91 Å². The fourth-order valence-corrected chi connectivity index (χ4v) is 3.30. The number of carbonyl (C=O) groups is 1. The lowest BCUT2D eigenvalue weighted by Gasteiger charge is -2.32. The van der Waals surface area contributed by atoms with Gasteiger partial charge in [0.05, 0.1) is 5.56 Å². The maximum atomic E-state index is 12.6. The van der Waals surface area contributed by atoms with Crippen LogP contribution in [0.3, 0.4) is 0 Å². The molecule has 5 N–H and O–H groups in total. The number of nitrogens with two attached hydrogens (primary N) is 1. The Morgan fingerprint density at radius 2 is 1.72 bits per heavy atom. The first kappa shape index (κ1) is 17.1. The molecule has 1 amide bonds. The lowest BCUT2D eigenvalue weighted by molar-refractivity contribution is 0.0709. The molecule has 1 saturated heterocycles. The summed E-state index contributed by atoms with van der Waals surface area (Å²) in [6, 6.07) is 10.3. The molecule has 0 radical (unpaired) electrons. The Labute approximate surface area is 146 Å². The molecule has 25 heavy (non-hydrogen) atoms. The van der Waals surface area contributed by atoms with Crippen molar-refractivity contribution in [2.24, 2.45) is 5.73 Å². The van der Waals surface area contributed by atoms with Gasteiger partial charge in [0, 0.05) is 31.8 Å². The molecule has 1 aliphatic heterocycles. The first-order valence-electron chi connectivity index (χ1n) is 8.32. The normalized spacial score (nSPS) is 15.3. The third-order valence-corrected chi connectivity index (χ3v) is 4.76. The summed E-state index contributed by atoms with van der Waals surface area (Å²) in [5.74, 6) is -1.18. The van der Waals surface area contributed by atoms with E-state index in [0.717, 1.165) is 30.5 Å². The highest BCUT2D eigenvalue weighted by molar-refractivity contribution is 5.97. The van der Waals surface area contributed by atoms with Crippen molar-refractivity contribution in [2.75, 3.05) is 13.1 Å². The average Bonchev–Trinajstić information content (AvgIpc) is 2.64. The smallest absolute Gasteiger partial charge is 0.257 e. The van der Waals surface area contributed by atoms with Crippen LogP contribution in [-0.4, -0.2) is 39.2 Å². The van der Waals surface area contributed by atoms with E-state index >= 15 is 0 Å². The average molecular weight is 342 g/mol. The third kappa shape index (κ3) is 3.53. The molecule has 1 aliphatic rings. The number of amides is 1. The maximum Gasteiger partial charge on any atom is 0.257 e. The molecule has 2 aromatic rings. The Morgan fingerprint density at radius 3 is 2.40 bits per heavy atom. The number of aromatic hydroxyl groups is 3. The molecule has 0 aromatic heterocycles. The van der Waals surface area contributed by atoms with E-state index in [1.165, 1.54) is 5.56 Å². The van der Waals surface area contributed by atoms with Crippen LogP contribution in [0.1, 0.15) is 40.2 Å². The van der Waals surface area contributed by atoms with Crippen molar-refractivity contribution in [3.05, 3.63) is 53.1 Å². The highest BCUT2D eigenvalue weighted by Crippen LogP contribution is 2.34. The molecule has 0 spiro atoms. The topological polar surface area (TPSA) is 107 Å². The summed E-state index contributed by atoms with van der Waals surface area (Å²) in [5, 5.41) is 28.8. The molecule has 132 valence electrons. The molecule has 0 aliphatic carbocycles. The number of benzene rings is 2. The van der Waals surface area contributed by atoms with Crippen molar-refractivity contribution in [3.63, 3.8) is 0 Å². The lowest BCUT2D eigenvalue weighted by atomic mass is 9.88. The van der Waals surface area contributed by atoms with Gasteiger partial charge in [-0.1, -0.05) is 24.3 Å². The molecule has 6 nitrogen and oxygen atoms in total. The Kier molecular flexibility index (Phi) is 4.81. The van der Waals surface area contributed by atoms with Crippen LogP contribution < -0.4 is 5.73 Å². The summed E-state index contributed by atoms with van der Waals surface area (Å²) in [6.07, 6.45) is 1.65. The van der Waals surface area contributed by atoms with Gasteiger partial charge in [-0.05, 0) is 29.9 Å². The fourth-order valence-electron chi connectivity index (χ4n) is 3.30. The van der Waals surface area contributed by atoms with Crippen LogP contribution in [0.2, 0.25) is 0 Å². The monoisotopic (exact) mass is 342 g/mol. The van der Waals surface area contributed by atoms with Crippen molar-refractivity contribution < 1.29 is 20.1 Å². The van der Waals surface area contributed by atoms with E-state index in [2.05, 4.69) is 12.1 Å². The van der Waals surface area contributed by atoms with E-state index in [4.69, 9.17) is 5.73 Å². The van der Waals surface area contributed by atoms with Crippen LogP contribution in [-0.2, 0) is 6.54 Å². The number of hydrogen-bond donors (Lipinski definition) is 4. The Balaban J connectivity index is 1.69. The van der Waals surface area contributed by atoms with Gasteiger partial charge in [0.2, 0.25) is 0 Å². The van der Waals surface area contributed by atoms with E-state index in [0.29, 0.717) is 25.6 Å². The van der Waals surface area contributed by atoms with Gasteiger partial charge >= 0.3 is 0 Å². The van der Waals surface area contributed by atoms with E-state index in [1.807, 2.05) is 12.1 Å². The summed E-state index contributed by atoms with van der Waals surface area (Å²) >= 11 is 0. The summed E-state index contributed by atoms with van der Waals surface area (Å²) in [7, 11) is 0. The molecular weight excluding hydrogens is 320 g/mol.